The van der Waals surface area contributed by atoms with Crippen LogP contribution in [0.25, 0.3) is 0 Å². The van der Waals surface area contributed by atoms with Gasteiger partial charge in [-0.15, -0.1) is 0 Å². The molecule has 0 bridgehead atoms. The van der Waals surface area contributed by atoms with Crippen LogP contribution in [-0.4, -0.2) is 41.6 Å². The maximum atomic E-state index is 12.7. The molecule has 0 radical (unpaired) electrons. The van der Waals surface area contributed by atoms with E-state index in [4.69, 9.17) is 10.5 Å². The van der Waals surface area contributed by atoms with E-state index in [1.54, 1.807) is 0 Å². The first-order chi connectivity index (χ1) is 24.9. The van der Waals surface area contributed by atoms with Crippen molar-refractivity contribution >= 4 is 17.8 Å². The molecular weight excluding hydrogens is 636 g/mol. The van der Waals surface area contributed by atoms with Crippen molar-refractivity contribution in [1.82, 2.24) is 5.32 Å². The van der Waals surface area contributed by atoms with Crippen molar-refractivity contribution in [1.29, 1.82) is 0 Å². The maximum absolute atomic E-state index is 12.7. The van der Waals surface area contributed by atoms with Gasteiger partial charge in [0.05, 0.1) is 0 Å². The van der Waals surface area contributed by atoms with Crippen LogP contribution in [-0.2, 0) is 19.1 Å². The van der Waals surface area contributed by atoms with Crippen molar-refractivity contribution in [3.05, 3.63) is 24.3 Å². The highest BCUT2D eigenvalue weighted by atomic mass is 16.5. The van der Waals surface area contributed by atoms with Gasteiger partial charge in [0.15, 0.2) is 0 Å². The number of carbonyl (C=O) groups is 3. The summed E-state index contributed by atoms with van der Waals surface area (Å²) in [5.74, 6) is -1.27. The lowest BCUT2D eigenvalue weighted by atomic mass is 10.0. The first-order valence-electron chi connectivity index (χ1n) is 21.7. The largest absolute Gasteiger partial charge is 0.480 e. The summed E-state index contributed by atoms with van der Waals surface area (Å²) in [6.45, 7) is 4.90. The minimum absolute atomic E-state index is 0.0106. The summed E-state index contributed by atoms with van der Waals surface area (Å²) in [4.78, 5) is 36.2. The molecule has 0 aliphatic heterocycles. The lowest BCUT2D eigenvalue weighted by Crippen LogP contribution is -2.40. The fourth-order valence-electron chi connectivity index (χ4n) is 6.48. The number of carboxylic acid groups (broad SMARTS) is 1. The lowest BCUT2D eigenvalue weighted by molar-refractivity contribution is -0.150. The summed E-state index contributed by atoms with van der Waals surface area (Å²) in [6.07, 6.45) is 43.8. The molecule has 7 heteroatoms. The van der Waals surface area contributed by atoms with Gasteiger partial charge in [0, 0.05) is 12.8 Å². The molecular formula is C44H82N2O5. The van der Waals surface area contributed by atoms with E-state index < -0.39 is 12.0 Å². The van der Waals surface area contributed by atoms with Crippen LogP contribution in [0.2, 0.25) is 0 Å². The Hall–Kier alpha value is -2.15. The van der Waals surface area contributed by atoms with Gasteiger partial charge in [-0.2, -0.15) is 0 Å². The van der Waals surface area contributed by atoms with E-state index in [-0.39, 0.29) is 18.0 Å². The Morgan fingerprint density at radius 2 is 1.02 bits per heavy atom. The van der Waals surface area contributed by atoms with E-state index in [9.17, 15) is 19.5 Å². The van der Waals surface area contributed by atoms with Crippen molar-refractivity contribution < 1.29 is 24.2 Å². The number of aliphatic carboxylic acids is 1. The van der Waals surface area contributed by atoms with E-state index in [1.165, 1.54) is 116 Å². The van der Waals surface area contributed by atoms with Crippen LogP contribution in [0.15, 0.2) is 24.3 Å². The molecule has 1 amide bonds. The monoisotopic (exact) mass is 719 g/mol. The average Bonchev–Trinajstić information content (AvgIpc) is 3.11. The third kappa shape index (κ3) is 36.0. The van der Waals surface area contributed by atoms with Crippen LogP contribution >= 0.6 is 0 Å². The summed E-state index contributed by atoms with van der Waals surface area (Å²) in [5, 5.41) is 11.9. The van der Waals surface area contributed by atoms with E-state index in [2.05, 4.69) is 43.5 Å². The molecule has 2 atom stereocenters. The molecule has 0 saturated heterocycles. The number of hydrogen-bond donors (Lipinski definition) is 3. The molecule has 0 aliphatic rings. The van der Waals surface area contributed by atoms with Gasteiger partial charge >= 0.3 is 11.9 Å². The Bertz CT molecular complexity index is 858. The normalized spacial score (nSPS) is 12.8. The van der Waals surface area contributed by atoms with Gasteiger partial charge in [-0.3, -0.25) is 9.59 Å². The minimum Gasteiger partial charge on any atom is -0.480 e. The first-order valence-corrected chi connectivity index (χ1v) is 21.7. The predicted octanol–water partition coefficient (Wildman–Crippen LogP) is 12.1. The molecule has 51 heavy (non-hydrogen) atoms. The summed E-state index contributed by atoms with van der Waals surface area (Å²) in [6, 6.07) is -0.862. The zero-order chi connectivity index (χ0) is 37.5. The fourth-order valence-corrected chi connectivity index (χ4v) is 6.48. The smallest absolute Gasteiger partial charge is 0.326 e. The van der Waals surface area contributed by atoms with Crippen LogP contribution in [0, 0.1) is 0 Å². The van der Waals surface area contributed by atoms with E-state index in [0.29, 0.717) is 32.2 Å². The highest BCUT2D eigenvalue weighted by molar-refractivity contribution is 5.83. The quantitative estimate of drug-likeness (QED) is 0.0331. The first kappa shape index (κ1) is 48.9. The molecule has 0 saturated carbocycles. The fraction of sp³-hybridized carbons (Fsp3) is 0.841. The van der Waals surface area contributed by atoms with E-state index >= 15 is 0 Å². The van der Waals surface area contributed by atoms with Crippen molar-refractivity contribution in [3.8, 4) is 0 Å². The number of unbranched alkanes of at least 4 members (excludes halogenated alkanes) is 21. The number of allylic oxidation sites excluding steroid dienone is 4. The molecule has 0 aromatic carbocycles. The van der Waals surface area contributed by atoms with Gasteiger partial charge in [0.1, 0.15) is 12.1 Å². The maximum Gasteiger partial charge on any atom is 0.326 e. The van der Waals surface area contributed by atoms with Gasteiger partial charge < -0.3 is 20.9 Å². The minimum atomic E-state index is -1.01. The Morgan fingerprint density at radius 3 is 1.51 bits per heavy atom. The standard InChI is InChI=1S/C44H82N2O5/c1-3-5-7-9-10-11-12-13-14-15-16-17-18-19-20-21-22-23-24-26-32-38-43(48)51-40(34-29-25-8-6-4-2)35-30-27-28-31-37-42(47)46-41(44(49)50)36-33-39-45/h12-13,15-16,40-41H,3-11,14,17-39,45H2,1-2H3,(H,46,47)(H,49,50)/b13-12-,16-15-. The van der Waals surface area contributed by atoms with Gasteiger partial charge in [-0.1, -0.05) is 147 Å². The van der Waals surface area contributed by atoms with Crippen molar-refractivity contribution in [2.45, 2.75) is 231 Å². The Morgan fingerprint density at radius 1 is 0.569 bits per heavy atom. The predicted molar refractivity (Wildman–Crippen MR) is 216 cm³/mol. The Labute approximate surface area is 314 Å². The highest BCUT2D eigenvalue weighted by Gasteiger charge is 2.19. The van der Waals surface area contributed by atoms with Crippen molar-refractivity contribution in [3.63, 3.8) is 0 Å². The van der Waals surface area contributed by atoms with Crippen LogP contribution in [0.5, 0.6) is 0 Å². The second kappa shape index (κ2) is 39.1. The SMILES string of the molecule is CCCCCCC/C=C\C/C=C\CCCCCCCCCCCC(=O)OC(CCCCCCC)CCCCCCC(=O)NC(CCCN)C(=O)O. The molecule has 298 valence electrons. The number of nitrogens with two attached hydrogens (primary N) is 1. The van der Waals surface area contributed by atoms with Gasteiger partial charge in [0.25, 0.3) is 0 Å². The van der Waals surface area contributed by atoms with Crippen LogP contribution < -0.4 is 11.1 Å². The molecule has 0 aliphatic carbocycles. The van der Waals surface area contributed by atoms with Gasteiger partial charge in [0.2, 0.25) is 5.91 Å². The Kier molecular flexibility index (Phi) is 37.4. The second-order valence-electron chi connectivity index (χ2n) is 14.8. The number of esters is 1. The topological polar surface area (TPSA) is 119 Å². The molecule has 0 aromatic rings. The molecule has 2 unspecified atom stereocenters. The van der Waals surface area contributed by atoms with Gasteiger partial charge in [-0.05, 0) is 90.0 Å². The van der Waals surface area contributed by atoms with Crippen LogP contribution in [0.4, 0.5) is 0 Å². The van der Waals surface area contributed by atoms with Crippen molar-refractivity contribution in [2.24, 2.45) is 5.73 Å². The number of carboxylic acids is 1. The summed E-state index contributed by atoms with van der Waals surface area (Å²) in [7, 11) is 0. The van der Waals surface area contributed by atoms with Crippen LogP contribution in [0.1, 0.15) is 219 Å². The number of carbonyl (C=O) groups excluding carboxylic acids is 2. The van der Waals surface area contributed by atoms with E-state index in [1.807, 2.05) is 0 Å². The van der Waals surface area contributed by atoms with E-state index in [0.717, 1.165) is 64.2 Å². The highest BCUT2D eigenvalue weighted by Crippen LogP contribution is 2.18. The van der Waals surface area contributed by atoms with Crippen molar-refractivity contribution in [2.75, 3.05) is 6.54 Å². The number of ether oxygens (including phenoxy) is 1. The molecule has 0 aromatic heterocycles. The zero-order valence-electron chi connectivity index (χ0n) is 33.5. The number of nitrogens with one attached hydrogen (secondary N) is 1. The number of rotatable bonds is 39. The number of amides is 1. The molecule has 7 nitrogen and oxygen atoms in total. The van der Waals surface area contributed by atoms with Crippen LogP contribution in [0.3, 0.4) is 0 Å². The summed E-state index contributed by atoms with van der Waals surface area (Å²) in [5.41, 5.74) is 5.47. The molecule has 0 rings (SSSR count). The van der Waals surface area contributed by atoms with Gasteiger partial charge in [-0.25, -0.2) is 4.79 Å². The number of hydrogen-bond acceptors (Lipinski definition) is 5. The average molecular weight is 719 g/mol. The zero-order valence-corrected chi connectivity index (χ0v) is 33.5. The second-order valence-corrected chi connectivity index (χ2v) is 14.8. The molecule has 0 spiro atoms. The third-order valence-electron chi connectivity index (χ3n) is 9.77. The summed E-state index contributed by atoms with van der Waals surface area (Å²) >= 11 is 0. The molecule has 4 N–H and O–H groups in total. The molecule has 0 heterocycles. The summed E-state index contributed by atoms with van der Waals surface area (Å²) < 4.78 is 5.97. The Balaban J connectivity index is 3.99. The third-order valence-corrected chi connectivity index (χ3v) is 9.77. The lowest BCUT2D eigenvalue weighted by Gasteiger charge is -2.18. The molecule has 0 fully saturated rings.